The number of nitrogens with zero attached hydrogens (tertiary/aromatic N) is 2. The van der Waals surface area contributed by atoms with Crippen LogP contribution in [-0.2, 0) is 6.18 Å². The molecule has 0 spiro atoms. The fourth-order valence-electron chi connectivity index (χ4n) is 2.07. The lowest BCUT2D eigenvalue weighted by Crippen LogP contribution is -2.09. The van der Waals surface area contributed by atoms with E-state index < -0.39 is 11.7 Å². The molecule has 1 heterocycles. The van der Waals surface area contributed by atoms with E-state index in [-0.39, 0.29) is 0 Å². The Morgan fingerprint density at radius 3 is 2.33 bits per heavy atom. The Hall–Kier alpha value is -2.31. The molecule has 0 saturated carbocycles. The van der Waals surface area contributed by atoms with Crippen molar-refractivity contribution >= 4 is 17.5 Å². The van der Waals surface area contributed by atoms with E-state index in [1.54, 1.807) is 6.07 Å². The summed E-state index contributed by atoms with van der Waals surface area (Å²) < 4.78 is 37.7. The highest BCUT2D eigenvalue weighted by Crippen LogP contribution is 2.30. The number of anilines is 3. The second kappa shape index (κ2) is 7.51. The van der Waals surface area contributed by atoms with Crippen molar-refractivity contribution in [1.82, 2.24) is 9.97 Å². The van der Waals surface area contributed by atoms with Gasteiger partial charge in [-0.15, -0.1) is 0 Å². The summed E-state index contributed by atoms with van der Waals surface area (Å²) in [5.41, 5.74) is 0.628. The highest BCUT2D eigenvalue weighted by Gasteiger charge is 2.29. The lowest BCUT2D eigenvalue weighted by atomic mass is 10.1. The average molecular weight is 338 g/mol. The van der Waals surface area contributed by atoms with Crippen molar-refractivity contribution in [3.05, 3.63) is 41.6 Å². The van der Waals surface area contributed by atoms with Gasteiger partial charge in [0.15, 0.2) is 0 Å². The van der Waals surface area contributed by atoms with Crippen molar-refractivity contribution < 1.29 is 13.2 Å². The van der Waals surface area contributed by atoms with Crippen molar-refractivity contribution in [2.75, 3.05) is 17.2 Å². The van der Waals surface area contributed by atoms with Crippen molar-refractivity contribution in [3.63, 3.8) is 0 Å². The van der Waals surface area contributed by atoms with Crippen LogP contribution in [0, 0.1) is 12.8 Å². The van der Waals surface area contributed by atoms with Gasteiger partial charge in [-0.1, -0.05) is 13.8 Å². The summed E-state index contributed by atoms with van der Waals surface area (Å²) in [5, 5.41) is 6.17. The molecule has 24 heavy (non-hydrogen) atoms. The number of alkyl halides is 3. The molecule has 130 valence electrons. The molecule has 0 amide bonds. The molecule has 0 aliphatic carbocycles. The number of aryl methyl sites for hydroxylation is 1. The molecule has 4 nitrogen and oxygen atoms in total. The Kier molecular flexibility index (Phi) is 5.64. The normalized spacial score (nSPS) is 11.6. The Labute approximate surface area is 139 Å². The quantitative estimate of drug-likeness (QED) is 0.778. The SMILES string of the molecule is Cc1cc(Nc2ccc(C(F)(F)F)cc2)nc(NCCC(C)C)n1. The minimum absolute atomic E-state index is 0.505. The van der Waals surface area contributed by atoms with Crippen molar-refractivity contribution in [1.29, 1.82) is 0 Å². The van der Waals surface area contributed by atoms with Crippen LogP contribution in [-0.4, -0.2) is 16.5 Å². The zero-order chi connectivity index (χ0) is 17.7. The summed E-state index contributed by atoms with van der Waals surface area (Å²) in [5.74, 6) is 1.62. The van der Waals surface area contributed by atoms with Gasteiger partial charge in [-0.2, -0.15) is 18.2 Å². The van der Waals surface area contributed by atoms with Crippen LogP contribution >= 0.6 is 0 Å². The third-order valence-corrected chi connectivity index (χ3v) is 3.34. The number of benzene rings is 1. The van der Waals surface area contributed by atoms with Crippen LogP contribution in [0.3, 0.4) is 0 Å². The van der Waals surface area contributed by atoms with Crippen molar-refractivity contribution in [3.8, 4) is 0 Å². The van der Waals surface area contributed by atoms with Crippen LogP contribution in [0.15, 0.2) is 30.3 Å². The topological polar surface area (TPSA) is 49.8 Å². The summed E-state index contributed by atoms with van der Waals surface area (Å²) >= 11 is 0. The van der Waals surface area contributed by atoms with Crippen molar-refractivity contribution in [2.45, 2.75) is 33.4 Å². The summed E-state index contributed by atoms with van der Waals surface area (Å²) in [6.07, 6.45) is -3.34. The molecule has 0 saturated heterocycles. The first-order valence-electron chi connectivity index (χ1n) is 7.78. The van der Waals surface area contributed by atoms with Crippen LogP contribution in [0.1, 0.15) is 31.5 Å². The molecule has 1 aromatic heterocycles. The third-order valence-electron chi connectivity index (χ3n) is 3.34. The monoisotopic (exact) mass is 338 g/mol. The molecule has 0 bridgehead atoms. The average Bonchev–Trinajstić information content (AvgIpc) is 2.46. The Balaban J connectivity index is 2.07. The zero-order valence-electron chi connectivity index (χ0n) is 13.9. The van der Waals surface area contributed by atoms with Gasteiger partial charge in [0.05, 0.1) is 5.56 Å². The molecule has 0 aliphatic heterocycles. The second-order valence-electron chi connectivity index (χ2n) is 6.03. The first-order valence-corrected chi connectivity index (χ1v) is 7.78. The number of nitrogens with one attached hydrogen (secondary N) is 2. The molecule has 2 rings (SSSR count). The molecule has 0 radical (unpaired) electrons. The number of halogens is 3. The van der Waals surface area contributed by atoms with Gasteiger partial charge in [0.25, 0.3) is 0 Å². The summed E-state index contributed by atoms with van der Waals surface area (Å²) in [6, 6.07) is 6.58. The van der Waals surface area contributed by atoms with Gasteiger partial charge in [0.2, 0.25) is 5.95 Å². The number of hydrogen-bond acceptors (Lipinski definition) is 4. The Morgan fingerprint density at radius 2 is 1.75 bits per heavy atom. The van der Waals surface area contributed by atoms with Crippen molar-refractivity contribution in [2.24, 2.45) is 5.92 Å². The van der Waals surface area contributed by atoms with Gasteiger partial charge in [-0.05, 0) is 43.5 Å². The molecular formula is C17H21F3N4. The number of aromatic nitrogens is 2. The van der Waals surface area contributed by atoms with Gasteiger partial charge in [0, 0.05) is 24.0 Å². The number of hydrogen-bond donors (Lipinski definition) is 2. The molecule has 7 heteroatoms. The van der Waals surface area contributed by atoms with E-state index in [2.05, 4.69) is 34.4 Å². The Morgan fingerprint density at radius 1 is 1.08 bits per heavy atom. The summed E-state index contributed by atoms with van der Waals surface area (Å²) in [4.78, 5) is 8.65. The van der Waals surface area contributed by atoms with Crippen LogP contribution in [0.2, 0.25) is 0 Å². The minimum atomic E-state index is -4.34. The van der Waals surface area contributed by atoms with Crippen LogP contribution in [0.4, 0.5) is 30.6 Å². The fourth-order valence-corrected chi connectivity index (χ4v) is 2.07. The molecule has 1 aromatic carbocycles. The zero-order valence-corrected chi connectivity index (χ0v) is 13.9. The highest BCUT2D eigenvalue weighted by atomic mass is 19.4. The van der Waals surface area contributed by atoms with E-state index in [0.717, 1.165) is 30.8 Å². The third kappa shape index (κ3) is 5.40. The molecule has 2 N–H and O–H groups in total. The predicted molar refractivity (Wildman–Crippen MR) is 89.4 cm³/mol. The smallest absolute Gasteiger partial charge is 0.354 e. The van der Waals surface area contributed by atoms with Gasteiger partial charge >= 0.3 is 6.18 Å². The lowest BCUT2D eigenvalue weighted by molar-refractivity contribution is -0.137. The molecule has 0 aliphatic rings. The largest absolute Gasteiger partial charge is 0.416 e. The highest BCUT2D eigenvalue weighted by molar-refractivity contribution is 5.58. The summed E-state index contributed by atoms with van der Waals surface area (Å²) in [7, 11) is 0. The maximum Gasteiger partial charge on any atom is 0.416 e. The summed E-state index contributed by atoms with van der Waals surface area (Å²) in [6.45, 7) is 6.88. The Bertz CT molecular complexity index is 667. The maximum absolute atomic E-state index is 12.6. The maximum atomic E-state index is 12.6. The molecule has 0 unspecified atom stereocenters. The standard InChI is InChI=1S/C17H21F3N4/c1-11(2)8-9-21-16-22-12(3)10-15(24-16)23-14-6-4-13(5-7-14)17(18,19)20/h4-7,10-11H,8-9H2,1-3H3,(H2,21,22,23,24). The van der Waals surface area contributed by atoms with E-state index in [9.17, 15) is 13.2 Å². The fraction of sp³-hybridized carbons (Fsp3) is 0.412. The molecule has 0 atom stereocenters. The second-order valence-corrected chi connectivity index (χ2v) is 6.03. The van der Waals surface area contributed by atoms with E-state index in [4.69, 9.17) is 0 Å². The predicted octanol–water partition coefficient (Wildman–Crippen LogP) is 5.01. The lowest BCUT2D eigenvalue weighted by Gasteiger charge is -2.11. The molecular weight excluding hydrogens is 317 g/mol. The van der Waals surface area contributed by atoms with Crippen LogP contribution in [0.5, 0.6) is 0 Å². The van der Waals surface area contributed by atoms with E-state index >= 15 is 0 Å². The van der Waals surface area contributed by atoms with Crippen LogP contribution in [0.25, 0.3) is 0 Å². The number of rotatable bonds is 6. The minimum Gasteiger partial charge on any atom is -0.354 e. The first-order chi connectivity index (χ1) is 11.2. The van der Waals surface area contributed by atoms with Gasteiger partial charge in [-0.25, -0.2) is 4.98 Å². The first kappa shape index (κ1) is 18.0. The van der Waals surface area contributed by atoms with E-state index in [1.165, 1.54) is 12.1 Å². The van der Waals surface area contributed by atoms with Gasteiger partial charge in [0.1, 0.15) is 5.82 Å². The molecule has 0 fully saturated rings. The molecule has 2 aromatic rings. The van der Waals surface area contributed by atoms with Gasteiger partial charge < -0.3 is 10.6 Å². The van der Waals surface area contributed by atoms with Crippen LogP contribution < -0.4 is 10.6 Å². The van der Waals surface area contributed by atoms with E-state index in [1.807, 2.05) is 6.92 Å². The van der Waals surface area contributed by atoms with E-state index in [0.29, 0.717) is 23.4 Å². The van der Waals surface area contributed by atoms with Gasteiger partial charge in [-0.3, -0.25) is 0 Å².